The van der Waals surface area contributed by atoms with E-state index >= 15 is 0 Å². The molecule has 0 aliphatic heterocycles. The predicted octanol–water partition coefficient (Wildman–Crippen LogP) is 2.62. The Morgan fingerprint density at radius 2 is 1.88 bits per heavy atom. The van der Waals surface area contributed by atoms with Crippen LogP contribution in [0.15, 0.2) is 54.7 Å². The molecule has 124 valence electrons. The molecule has 2 aromatic heterocycles. The van der Waals surface area contributed by atoms with Crippen LogP contribution in [0.1, 0.15) is 25.7 Å². The lowest BCUT2D eigenvalue weighted by Crippen LogP contribution is -2.36. The van der Waals surface area contributed by atoms with Crippen LogP contribution in [0.25, 0.3) is 5.65 Å². The first-order valence-electron chi connectivity index (χ1n) is 7.92. The molecule has 0 radical (unpaired) electrons. The summed E-state index contributed by atoms with van der Waals surface area (Å²) in [6.07, 6.45) is 1.90. The highest BCUT2D eigenvalue weighted by molar-refractivity contribution is 5.78. The van der Waals surface area contributed by atoms with E-state index in [0.29, 0.717) is 11.6 Å². The first-order valence-corrected chi connectivity index (χ1v) is 7.92. The number of fused-ring (bicyclic) bond motifs is 1. The lowest BCUT2D eigenvalue weighted by Gasteiger charge is -2.21. The van der Waals surface area contributed by atoms with E-state index in [4.69, 9.17) is 4.74 Å². The molecule has 0 saturated carbocycles. The normalized spacial score (nSPS) is 12.3. The molecule has 24 heavy (non-hydrogen) atoms. The van der Waals surface area contributed by atoms with Gasteiger partial charge in [0.05, 0.1) is 6.04 Å². The van der Waals surface area contributed by atoms with Crippen molar-refractivity contribution in [1.29, 1.82) is 0 Å². The molecule has 6 heteroatoms. The van der Waals surface area contributed by atoms with Crippen molar-refractivity contribution in [2.75, 3.05) is 6.61 Å². The molecule has 2 heterocycles. The van der Waals surface area contributed by atoms with Crippen molar-refractivity contribution in [3.63, 3.8) is 0 Å². The summed E-state index contributed by atoms with van der Waals surface area (Å²) in [6.45, 7) is 4.03. The standard InChI is InChI=1S/C18H20N4O2/c1-13(2)17(18-21-20-15-10-6-7-11-22(15)18)19-16(23)12-24-14-8-4-3-5-9-14/h3-11,13,17H,12H2,1-2H3,(H,19,23)/t17-/m1/s1. The maximum Gasteiger partial charge on any atom is 0.258 e. The van der Waals surface area contributed by atoms with Gasteiger partial charge in [0.25, 0.3) is 5.91 Å². The number of para-hydroxylation sites is 1. The smallest absolute Gasteiger partial charge is 0.258 e. The van der Waals surface area contributed by atoms with Gasteiger partial charge in [-0.25, -0.2) is 0 Å². The quantitative estimate of drug-likeness (QED) is 0.757. The third kappa shape index (κ3) is 3.53. The van der Waals surface area contributed by atoms with Crippen LogP contribution in [0.4, 0.5) is 0 Å². The van der Waals surface area contributed by atoms with Crippen LogP contribution in [-0.4, -0.2) is 27.1 Å². The number of carbonyl (C=O) groups is 1. The molecule has 0 spiro atoms. The number of amides is 1. The summed E-state index contributed by atoms with van der Waals surface area (Å²) in [4.78, 5) is 12.3. The Kier molecular flexibility index (Phi) is 4.74. The van der Waals surface area contributed by atoms with Crippen molar-refractivity contribution in [3.05, 3.63) is 60.6 Å². The zero-order valence-electron chi connectivity index (χ0n) is 13.7. The molecule has 6 nitrogen and oxygen atoms in total. The minimum Gasteiger partial charge on any atom is -0.484 e. The van der Waals surface area contributed by atoms with E-state index in [1.54, 1.807) is 0 Å². The van der Waals surface area contributed by atoms with E-state index in [0.717, 1.165) is 5.65 Å². The van der Waals surface area contributed by atoms with Gasteiger partial charge < -0.3 is 10.1 Å². The molecule has 0 unspecified atom stereocenters. The Hall–Kier alpha value is -2.89. The van der Waals surface area contributed by atoms with Crippen LogP contribution in [0.3, 0.4) is 0 Å². The van der Waals surface area contributed by atoms with Gasteiger partial charge >= 0.3 is 0 Å². The van der Waals surface area contributed by atoms with Gasteiger partial charge in [0.2, 0.25) is 0 Å². The van der Waals surface area contributed by atoms with Crippen molar-refractivity contribution in [3.8, 4) is 5.75 Å². The predicted molar refractivity (Wildman–Crippen MR) is 90.6 cm³/mol. The number of carbonyl (C=O) groups excluding carboxylic acids is 1. The molecule has 0 bridgehead atoms. The number of pyridine rings is 1. The Bertz CT molecular complexity index is 814. The van der Waals surface area contributed by atoms with Gasteiger partial charge in [-0.15, -0.1) is 10.2 Å². The van der Waals surface area contributed by atoms with Crippen LogP contribution < -0.4 is 10.1 Å². The fourth-order valence-electron chi connectivity index (χ4n) is 2.48. The zero-order chi connectivity index (χ0) is 16.9. The molecule has 0 fully saturated rings. The van der Waals surface area contributed by atoms with Gasteiger partial charge in [0.1, 0.15) is 5.75 Å². The van der Waals surface area contributed by atoms with E-state index in [9.17, 15) is 4.79 Å². The van der Waals surface area contributed by atoms with Crippen LogP contribution in [0, 0.1) is 5.92 Å². The summed E-state index contributed by atoms with van der Waals surface area (Å²) in [5, 5.41) is 11.4. The van der Waals surface area contributed by atoms with Crippen molar-refractivity contribution in [1.82, 2.24) is 19.9 Å². The van der Waals surface area contributed by atoms with Crippen molar-refractivity contribution < 1.29 is 9.53 Å². The molecule has 1 amide bonds. The SMILES string of the molecule is CC(C)[C@@H](NC(=O)COc1ccccc1)c1nnc2ccccn12. The van der Waals surface area contributed by atoms with E-state index in [1.807, 2.05) is 73.0 Å². The summed E-state index contributed by atoms with van der Waals surface area (Å²) >= 11 is 0. The molecule has 3 aromatic rings. The maximum atomic E-state index is 12.3. The lowest BCUT2D eigenvalue weighted by molar-refractivity contribution is -0.124. The Labute approximate surface area is 140 Å². The lowest BCUT2D eigenvalue weighted by atomic mass is 10.0. The Morgan fingerprint density at radius 1 is 1.12 bits per heavy atom. The molecular weight excluding hydrogens is 304 g/mol. The number of rotatable bonds is 6. The molecule has 0 aliphatic carbocycles. The van der Waals surface area contributed by atoms with E-state index in [-0.39, 0.29) is 24.5 Å². The van der Waals surface area contributed by atoms with E-state index in [2.05, 4.69) is 15.5 Å². The van der Waals surface area contributed by atoms with Gasteiger partial charge in [-0.2, -0.15) is 0 Å². The number of hydrogen-bond acceptors (Lipinski definition) is 4. The average Bonchev–Trinajstić information content (AvgIpc) is 3.02. The Morgan fingerprint density at radius 3 is 2.62 bits per heavy atom. The fourth-order valence-corrected chi connectivity index (χ4v) is 2.48. The maximum absolute atomic E-state index is 12.3. The number of nitrogens with one attached hydrogen (secondary N) is 1. The van der Waals surface area contributed by atoms with Crippen LogP contribution in [0.2, 0.25) is 0 Å². The van der Waals surface area contributed by atoms with Crippen molar-refractivity contribution in [2.24, 2.45) is 5.92 Å². The molecular formula is C18H20N4O2. The second-order valence-electron chi connectivity index (χ2n) is 5.88. The molecule has 3 rings (SSSR count). The van der Waals surface area contributed by atoms with Crippen LogP contribution >= 0.6 is 0 Å². The van der Waals surface area contributed by atoms with E-state index < -0.39 is 0 Å². The fraction of sp³-hybridized carbons (Fsp3) is 0.278. The van der Waals surface area contributed by atoms with Crippen LogP contribution in [0.5, 0.6) is 5.75 Å². The minimum absolute atomic E-state index is 0.0377. The largest absolute Gasteiger partial charge is 0.484 e. The summed E-state index contributed by atoms with van der Waals surface area (Å²) in [6, 6.07) is 14.7. The summed E-state index contributed by atoms with van der Waals surface area (Å²) in [7, 11) is 0. The van der Waals surface area contributed by atoms with Gasteiger partial charge in [-0.1, -0.05) is 38.1 Å². The van der Waals surface area contributed by atoms with E-state index in [1.165, 1.54) is 0 Å². The van der Waals surface area contributed by atoms with Gasteiger partial charge in [-0.3, -0.25) is 9.20 Å². The number of hydrogen-bond donors (Lipinski definition) is 1. The number of benzene rings is 1. The second kappa shape index (κ2) is 7.12. The van der Waals surface area contributed by atoms with Crippen LogP contribution in [-0.2, 0) is 4.79 Å². The highest BCUT2D eigenvalue weighted by atomic mass is 16.5. The monoisotopic (exact) mass is 324 g/mol. The Balaban J connectivity index is 1.71. The molecule has 1 N–H and O–H groups in total. The first-order chi connectivity index (χ1) is 11.6. The molecule has 0 aliphatic rings. The average molecular weight is 324 g/mol. The highest BCUT2D eigenvalue weighted by Gasteiger charge is 2.23. The number of aromatic nitrogens is 3. The van der Waals surface area contributed by atoms with Gasteiger partial charge in [-0.05, 0) is 30.2 Å². The topological polar surface area (TPSA) is 68.5 Å². The third-order valence-electron chi connectivity index (χ3n) is 3.71. The van der Waals surface area contributed by atoms with Crippen molar-refractivity contribution >= 4 is 11.6 Å². The zero-order valence-corrected chi connectivity index (χ0v) is 13.7. The summed E-state index contributed by atoms with van der Waals surface area (Å²) < 4.78 is 7.39. The number of ether oxygens (including phenoxy) is 1. The van der Waals surface area contributed by atoms with Gasteiger partial charge in [0.15, 0.2) is 18.1 Å². The van der Waals surface area contributed by atoms with Crippen molar-refractivity contribution in [2.45, 2.75) is 19.9 Å². The number of nitrogens with zero attached hydrogens (tertiary/aromatic N) is 3. The summed E-state index contributed by atoms with van der Waals surface area (Å²) in [5.41, 5.74) is 0.757. The van der Waals surface area contributed by atoms with Gasteiger partial charge in [0, 0.05) is 6.20 Å². The first kappa shape index (κ1) is 16.0. The minimum atomic E-state index is -0.241. The summed E-state index contributed by atoms with van der Waals surface area (Å²) in [5.74, 6) is 1.36. The molecule has 1 aromatic carbocycles. The second-order valence-corrected chi connectivity index (χ2v) is 5.88. The highest BCUT2D eigenvalue weighted by Crippen LogP contribution is 2.20. The molecule has 0 saturated heterocycles. The third-order valence-corrected chi connectivity index (χ3v) is 3.71. The molecule has 1 atom stereocenters.